The van der Waals surface area contributed by atoms with Gasteiger partial charge in [0.05, 0.1) is 22.1 Å². The Morgan fingerprint density at radius 3 is 2.73 bits per heavy atom. The molecule has 2 heterocycles. The van der Waals surface area contributed by atoms with Crippen LogP contribution in [0.2, 0.25) is 0 Å². The molecule has 0 radical (unpaired) electrons. The average Bonchev–Trinajstić information content (AvgIpc) is 3.28. The van der Waals surface area contributed by atoms with E-state index in [0.717, 1.165) is 28.1 Å². The summed E-state index contributed by atoms with van der Waals surface area (Å²) in [5.74, 6) is -0.272. The third-order valence-corrected chi connectivity index (χ3v) is 5.63. The number of likely N-dealkylation sites (tertiary alicyclic amines) is 1. The Bertz CT molecular complexity index is 785. The number of benzene rings is 1. The minimum Gasteiger partial charge on any atom is -0.350 e. The van der Waals surface area contributed by atoms with Gasteiger partial charge in [-0.1, -0.05) is 24.3 Å². The van der Waals surface area contributed by atoms with Crippen LogP contribution in [-0.4, -0.2) is 40.3 Å². The van der Waals surface area contributed by atoms with E-state index in [1.165, 1.54) is 0 Å². The van der Waals surface area contributed by atoms with Gasteiger partial charge in [-0.05, 0) is 37.8 Å². The van der Waals surface area contributed by atoms with Crippen LogP contribution in [0.5, 0.6) is 0 Å². The normalized spacial score (nSPS) is 18.0. The molecular formula is C19H24N4O2S. The number of nitrogens with two attached hydrogens (primary N) is 1. The molecule has 7 heteroatoms. The summed E-state index contributed by atoms with van der Waals surface area (Å²) in [5, 5.41) is 2.95. The highest BCUT2D eigenvalue weighted by Crippen LogP contribution is 2.27. The second kappa shape index (κ2) is 7.97. The number of amides is 2. The number of hydrogen-bond donors (Lipinski definition) is 2. The lowest BCUT2D eigenvalue weighted by molar-refractivity contribution is -0.139. The van der Waals surface area contributed by atoms with Crippen LogP contribution in [0.3, 0.4) is 0 Å². The van der Waals surface area contributed by atoms with Crippen LogP contribution in [0.1, 0.15) is 31.0 Å². The summed E-state index contributed by atoms with van der Waals surface area (Å²) in [4.78, 5) is 31.7. The van der Waals surface area contributed by atoms with E-state index < -0.39 is 12.1 Å². The maximum atomic E-state index is 12.5. The molecule has 1 aliphatic rings. The summed E-state index contributed by atoms with van der Waals surface area (Å²) in [6, 6.07) is 7.12. The van der Waals surface area contributed by atoms with Crippen LogP contribution in [0.4, 0.5) is 0 Å². The number of thiazole rings is 1. The van der Waals surface area contributed by atoms with Crippen LogP contribution in [0.15, 0.2) is 29.8 Å². The number of carbonyl (C=O) groups is 2. The van der Waals surface area contributed by atoms with Gasteiger partial charge in [-0.25, -0.2) is 4.98 Å². The molecule has 6 nitrogen and oxygen atoms in total. The third-order valence-electron chi connectivity index (χ3n) is 4.66. The Kier molecular flexibility index (Phi) is 5.68. The molecule has 2 atom stereocenters. The molecule has 0 aliphatic carbocycles. The van der Waals surface area contributed by atoms with E-state index in [1.54, 1.807) is 23.2 Å². The minimum absolute atomic E-state index is 0.112. The lowest BCUT2D eigenvalue weighted by Crippen LogP contribution is -2.50. The van der Waals surface area contributed by atoms with Crippen molar-refractivity contribution in [3.63, 3.8) is 0 Å². The van der Waals surface area contributed by atoms with E-state index in [2.05, 4.69) is 10.3 Å². The number of carbonyl (C=O) groups excluding carboxylic acids is 2. The maximum Gasteiger partial charge on any atom is 0.243 e. The zero-order valence-corrected chi connectivity index (χ0v) is 15.9. The van der Waals surface area contributed by atoms with Gasteiger partial charge >= 0.3 is 0 Å². The zero-order chi connectivity index (χ0) is 18.7. The van der Waals surface area contributed by atoms with E-state index in [0.29, 0.717) is 19.5 Å². The molecule has 0 spiro atoms. The van der Waals surface area contributed by atoms with Gasteiger partial charge in [0.25, 0.3) is 0 Å². The molecule has 1 aromatic carbocycles. The first-order valence-electron chi connectivity index (χ1n) is 8.80. The molecule has 1 saturated heterocycles. The molecule has 2 aromatic rings. The molecule has 3 rings (SSSR count). The van der Waals surface area contributed by atoms with Gasteiger partial charge in [0, 0.05) is 13.1 Å². The standard InChI is InChI=1S/C19H24N4O2S/c1-12(20)19(25)23-9-3-4-16(23)18(24)21-10-14-5-7-15(8-6-14)17-13(2)22-11-26-17/h5-8,11-12,16H,3-4,9-10,20H2,1-2H3,(H,21,24)/t12-,16?/m0/s1. The predicted molar refractivity (Wildman–Crippen MR) is 103 cm³/mol. The van der Waals surface area contributed by atoms with Gasteiger partial charge < -0.3 is 16.0 Å². The molecule has 1 fully saturated rings. The van der Waals surface area contributed by atoms with Crippen molar-refractivity contribution in [2.24, 2.45) is 5.73 Å². The van der Waals surface area contributed by atoms with Crippen molar-refractivity contribution in [2.75, 3.05) is 6.54 Å². The van der Waals surface area contributed by atoms with Crippen LogP contribution in [-0.2, 0) is 16.1 Å². The van der Waals surface area contributed by atoms with E-state index in [-0.39, 0.29) is 11.8 Å². The summed E-state index contributed by atoms with van der Waals surface area (Å²) < 4.78 is 0. The average molecular weight is 372 g/mol. The Morgan fingerprint density at radius 1 is 1.38 bits per heavy atom. The highest BCUT2D eigenvalue weighted by Gasteiger charge is 2.34. The summed E-state index contributed by atoms with van der Waals surface area (Å²) in [7, 11) is 0. The molecule has 138 valence electrons. The lowest BCUT2D eigenvalue weighted by atomic mass is 10.1. The van der Waals surface area contributed by atoms with Gasteiger partial charge in [-0.3, -0.25) is 9.59 Å². The van der Waals surface area contributed by atoms with Crippen molar-refractivity contribution < 1.29 is 9.59 Å². The number of aromatic nitrogens is 1. The quantitative estimate of drug-likeness (QED) is 0.841. The van der Waals surface area contributed by atoms with E-state index in [9.17, 15) is 9.59 Å². The number of rotatable bonds is 5. The van der Waals surface area contributed by atoms with E-state index in [1.807, 2.05) is 36.7 Å². The van der Waals surface area contributed by atoms with E-state index >= 15 is 0 Å². The molecule has 1 aromatic heterocycles. The monoisotopic (exact) mass is 372 g/mol. The first kappa shape index (κ1) is 18.5. The number of hydrogen-bond acceptors (Lipinski definition) is 5. The van der Waals surface area contributed by atoms with Crippen molar-refractivity contribution in [1.82, 2.24) is 15.2 Å². The highest BCUT2D eigenvalue weighted by molar-refractivity contribution is 7.13. The number of nitrogens with one attached hydrogen (secondary N) is 1. The van der Waals surface area contributed by atoms with Gasteiger partial charge in [-0.2, -0.15) is 0 Å². The molecule has 0 bridgehead atoms. The molecule has 2 amide bonds. The van der Waals surface area contributed by atoms with Crippen LogP contribution < -0.4 is 11.1 Å². The molecule has 1 aliphatic heterocycles. The second-order valence-corrected chi connectivity index (χ2v) is 7.51. The Labute approximate surface area is 157 Å². The van der Waals surface area contributed by atoms with Crippen molar-refractivity contribution in [2.45, 2.75) is 45.3 Å². The predicted octanol–water partition coefficient (Wildman–Crippen LogP) is 2.07. The Balaban J connectivity index is 1.59. The molecule has 1 unspecified atom stereocenters. The van der Waals surface area contributed by atoms with E-state index in [4.69, 9.17) is 5.73 Å². The van der Waals surface area contributed by atoms with Crippen molar-refractivity contribution in [3.8, 4) is 10.4 Å². The van der Waals surface area contributed by atoms with Crippen molar-refractivity contribution in [1.29, 1.82) is 0 Å². The van der Waals surface area contributed by atoms with Gasteiger partial charge in [0.15, 0.2) is 0 Å². The lowest BCUT2D eigenvalue weighted by Gasteiger charge is -2.25. The van der Waals surface area contributed by atoms with Crippen molar-refractivity contribution >= 4 is 23.2 Å². The molecule has 26 heavy (non-hydrogen) atoms. The fraction of sp³-hybridized carbons (Fsp3) is 0.421. The summed E-state index contributed by atoms with van der Waals surface area (Å²) >= 11 is 1.62. The fourth-order valence-electron chi connectivity index (χ4n) is 3.22. The van der Waals surface area contributed by atoms with Crippen molar-refractivity contribution in [3.05, 3.63) is 41.0 Å². The van der Waals surface area contributed by atoms with Crippen LogP contribution in [0, 0.1) is 6.92 Å². The molecule has 3 N–H and O–H groups in total. The first-order valence-corrected chi connectivity index (χ1v) is 9.68. The highest BCUT2D eigenvalue weighted by atomic mass is 32.1. The maximum absolute atomic E-state index is 12.5. The largest absolute Gasteiger partial charge is 0.350 e. The summed E-state index contributed by atoms with van der Waals surface area (Å²) in [5.41, 5.74) is 10.7. The van der Waals surface area contributed by atoms with Gasteiger partial charge in [-0.15, -0.1) is 11.3 Å². The SMILES string of the molecule is Cc1ncsc1-c1ccc(CNC(=O)C2CCCN2C(=O)[C@H](C)N)cc1. The summed E-state index contributed by atoms with van der Waals surface area (Å²) in [6.45, 7) is 4.69. The summed E-state index contributed by atoms with van der Waals surface area (Å²) in [6.07, 6.45) is 1.52. The van der Waals surface area contributed by atoms with Gasteiger partial charge in [0.2, 0.25) is 11.8 Å². The number of aryl methyl sites for hydroxylation is 1. The smallest absolute Gasteiger partial charge is 0.243 e. The first-order chi connectivity index (χ1) is 12.5. The zero-order valence-electron chi connectivity index (χ0n) is 15.1. The van der Waals surface area contributed by atoms with Crippen LogP contribution in [0.25, 0.3) is 10.4 Å². The van der Waals surface area contributed by atoms with Gasteiger partial charge in [0.1, 0.15) is 6.04 Å². The third kappa shape index (κ3) is 3.94. The topological polar surface area (TPSA) is 88.3 Å². The second-order valence-electron chi connectivity index (χ2n) is 6.66. The molecular weight excluding hydrogens is 348 g/mol. The number of nitrogens with zero attached hydrogens (tertiary/aromatic N) is 2. The fourth-order valence-corrected chi connectivity index (χ4v) is 4.04. The Hall–Kier alpha value is -2.25. The molecule has 0 saturated carbocycles. The van der Waals surface area contributed by atoms with Crippen LogP contribution >= 0.6 is 11.3 Å². The Morgan fingerprint density at radius 2 is 2.12 bits per heavy atom. The minimum atomic E-state index is -0.578.